The number of hydrogen-bond donors (Lipinski definition) is 1. The number of ether oxygens (including phenoxy) is 3. The van der Waals surface area contributed by atoms with Gasteiger partial charge in [-0.05, 0) is 48.2 Å². The average Bonchev–Trinajstić information content (AvgIpc) is 2.74. The molecule has 1 aliphatic heterocycles. The topological polar surface area (TPSA) is 51.2 Å². The van der Waals surface area contributed by atoms with Gasteiger partial charge in [0.25, 0.3) is 0 Å². The summed E-state index contributed by atoms with van der Waals surface area (Å²) in [4.78, 5) is 2.48. The molecular weight excluding hydrogens is 366 g/mol. The fourth-order valence-corrected chi connectivity index (χ4v) is 5.24. The van der Waals surface area contributed by atoms with E-state index in [-0.39, 0.29) is 11.8 Å². The van der Waals surface area contributed by atoms with Crippen LogP contribution in [-0.2, 0) is 12.1 Å². The van der Waals surface area contributed by atoms with Crippen LogP contribution in [-0.4, -0.2) is 44.4 Å². The molecule has 0 aromatic heterocycles. The van der Waals surface area contributed by atoms with Gasteiger partial charge in [-0.1, -0.05) is 24.6 Å². The number of benzene rings is 2. The first-order valence-electron chi connectivity index (χ1n) is 10.4. The van der Waals surface area contributed by atoms with Crippen LogP contribution in [0.4, 0.5) is 0 Å². The van der Waals surface area contributed by atoms with E-state index >= 15 is 0 Å². The Morgan fingerprint density at radius 1 is 0.897 bits per heavy atom. The summed E-state index contributed by atoms with van der Waals surface area (Å²) in [6, 6.07) is 14.1. The highest BCUT2D eigenvalue weighted by molar-refractivity contribution is 5.43. The maximum atomic E-state index is 11.8. The quantitative estimate of drug-likeness (QED) is 0.803. The van der Waals surface area contributed by atoms with Gasteiger partial charge >= 0.3 is 0 Å². The molecule has 0 radical (unpaired) electrons. The van der Waals surface area contributed by atoms with E-state index in [1.807, 2.05) is 30.3 Å². The highest BCUT2D eigenvalue weighted by Crippen LogP contribution is 2.49. The van der Waals surface area contributed by atoms with Crippen LogP contribution in [0.25, 0.3) is 0 Å². The van der Waals surface area contributed by atoms with Gasteiger partial charge in [-0.25, -0.2) is 0 Å². The van der Waals surface area contributed by atoms with Crippen molar-refractivity contribution in [1.82, 2.24) is 4.90 Å². The lowest BCUT2D eigenvalue weighted by Gasteiger charge is -2.53. The molecule has 5 nitrogen and oxygen atoms in total. The van der Waals surface area contributed by atoms with Gasteiger partial charge in [0.05, 0.1) is 26.9 Å². The van der Waals surface area contributed by atoms with Crippen molar-refractivity contribution in [2.24, 2.45) is 11.8 Å². The first-order chi connectivity index (χ1) is 14.1. The Hall–Kier alpha value is -2.24. The maximum Gasteiger partial charge on any atom is 0.161 e. The van der Waals surface area contributed by atoms with Gasteiger partial charge in [0, 0.05) is 31.5 Å². The van der Waals surface area contributed by atoms with E-state index in [4.69, 9.17) is 14.2 Å². The largest absolute Gasteiger partial charge is 0.497 e. The van der Waals surface area contributed by atoms with E-state index in [1.54, 1.807) is 21.3 Å². The molecule has 2 aliphatic rings. The lowest BCUT2D eigenvalue weighted by molar-refractivity contribution is -0.148. The zero-order chi connectivity index (χ0) is 20.4. The maximum absolute atomic E-state index is 11.8. The summed E-state index contributed by atoms with van der Waals surface area (Å²) in [5.41, 5.74) is 1.48. The van der Waals surface area contributed by atoms with Crippen LogP contribution in [0.3, 0.4) is 0 Å². The van der Waals surface area contributed by atoms with E-state index in [1.165, 1.54) is 12.0 Å². The van der Waals surface area contributed by atoms with Crippen molar-refractivity contribution in [1.29, 1.82) is 0 Å². The Morgan fingerprint density at radius 3 is 2.14 bits per heavy atom. The number of likely N-dealkylation sites (tertiary alicyclic amines) is 1. The number of aliphatic hydroxyl groups is 1. The van der Waals surface area contributed by atoms with Crippen LogP contribution >= 0.6 is 0 Å². The highest BCUT2D eigenvalue weighted by atomic mass is 16.5. The van der Waals surface area contributed by atoms with Crippen molar-refractivity contribution >= 4 is 0 Å². The molecule has 0 unspecified atom stereocenters. The van der Waals surface area contributed by atoms with Crippen LogP contribution in [0.5, 0.6) is 17.2 Å². The molecule has 2 bridgehead atoms. The third-order valence-electron chi connectivity index (χ3n) is 6.71. The number of methoxy groups -OCH3 is 3. The lowest BCUT2D eigenvalue weighted by Crippen LogP contribution is -2.57. The minimum Gasteiger partial charge on any atom is -0.497 e. The molecule has 29 heavy (non-hydrogen) atoms. The first kappa shape index (κ1) is 20.0. The lowest BCUT2D eigenvalue weighted by atomic mass is 9.62. The standard InChI is InChI=1S/C24H31NO4/c1-27-21-10-8-18(9-11-21)24(26)19-5-4-6-20(24)16-25(15-19)14-17-7-12-22(28-2)23(13-17)29-3/h7-13,19-20,26H,4-6,14-16H2,1-3H3/t19-,20-/m0/s1. The summed E-state index contributed by atoms with van der Waals surface area (Å²) < 4.78 is 16.1. The van der Waals surface area contributed by atoms with Crippen LogP contribution < -0.4 is 14.2 Å². The molecule has 1 saturated heterocycles. The van der Waals surface area contributed by atoms with E-state index < -0.39 is 5.60 Å². The molecule has 156 valence electrons. The zero-order valence-corrected chi connectivity index (χ0v) is 17.6. The number of fused-ring (bicyclic) bond motifs is 2. The summed E-state index contributed by atoms with van der Waals surface area (Å²) in [6.45, 7) is 2.65. The average molecular weight is 398 g/mol. The molecule has 0 amide bonds. The fourth-order valence-electron chi connectivity index (χ4n) is 5.24. The molecule has 2 aromatic rings. The summed E-state index contributed by atoms with van der Waals surface area (Å²) in [6.07, 6.45) is 3.31. The van der Waals surface area contributed by atoms with Gasteiger partial charge in [0.15, 0.2) is 11.5 Å². The number of nitrogens with zero attached hydrogens (tertiary/aromatic N) is 1. The Bertz CT molecular complexity index is 821. The Balaban J connectivity index is 1.53. The highest BCUT2D eigenvalue weighted by Gasteiger charge is 2.51. The van der Waals surface area contributed by atoms with E-state index in [9.17, 15) is 5.11 Å². The second-order valence-corrected chi connectivity index (χ2v) is 8.26. The molecule has 2 fully saturated rings. The second-order valence-electron chi connectivity index (χ2n) is 8.26. The minimum atomic E-state index is -0.751. The Kier molecular flexibility index (Phi) is 5.70. The first-order valence-corrected chi connectivity index (χ1v) is 10.4. The monoisotopic (exact) mass is 397 g/mol. The Labute approximate surface area is 173 Å². The molecule has 0 spiro atoms. The smallest absolute Gasteiger partial charge is 0.161 e. The summed E-state index contributed by atoms with van der Waals surface area (Å²) >= 11 is 0. The molecule has 1 heterocycles. The van der Waals surface area contributed by atoms with Gasteiger partial charge in [-0.2, -0.15) is 0 Å². The van der Waals surface area contributed by atoms with Gasteiger partial charge in [0.1, 0.15) is 5.75 Å². The molecule has 1 aliphatic carbocycles. The number of hydrogen-bond acceptors (Lipinski definition) is 5. The van der Waals surface area contributed by atoms with Crippen molar-refractivity contribution in [2.45, 2.75) is 31.4 Å². The minimum absolute atomic E-state index is 0.239. The third-order valence-corrected chi connectivity index (χ3v) is 6.71. The fraction of sp³-hybridized carbons (Fsp3) is 0.500. The zero-order valence-electron chi connectivity index (χ0n) is 17.6. The number of piperidine rings is 1. The van der Waals surface area contributed by atoms with Gasteiger partial charge < -0.3 is 19.3 Å². The normalized spacial score (nSPS) is 26.8. The van der Waals surface area contributed by atoms with Crippen molar-refractivity contribution in [3.05, 3.63) is 53.6 Å². The summed E-state index contributed by atoms with van der Waals surface area (Å²) in [5, 5.41) is 11.8. The van der Waals surface area contributed by atoms with Crippen LogP contribution in [0.1, 0.15) is 30.4 Å². The van der Waals surface area contributed by atoms with E-state index in [0.717, 1.165) is 55.3 Å². The van der Waals surface area contributed by atoms with Crippen molar-refractivity contribution in [2.75, 3.05) is 34.4 Å². The third kappa shape index (κ3) is 3.69. The second kappa shape index (κ2) is 8.25. The molecular formula is C24H31NO4. The SMILES string of the molecule is COc1ccc(C2(O)[C@H]3CCC[C@H]2CN(Cc2ccc(OC)c(OC)c2)C3)cc1. The van der Waals surface area contributed by atoms with Crippen molar-refractivity contribution < 1.29 is 19.3 Å². The molecule has 1 saturated carbocycles. The Morgan fingerprint density at radius 2 is 1.55 bits per heavy atom. The predicted octanol–water partition coefficient (Wildman–Crippen LogP) is 3.83. The van der Waals surface area contributed by atoms with Crippen LogP contribution in [0, 0.1) is 11.8 Å². The predicted molar refractivity (Wildman–Crippen MR) is 113 cm³/mol. The van der Waals surface area contributed by atoms with E-state index in [2.05, 4.69) is 17.0 Å². The number of rotatable bonds is 6. The summed E-state index contributed by atoms with van der Waals surface area (Å²) in [7, 11) is 5.00. The van der Waals surface area contributed by atoms with Gasteiger partial charge in [-0.3, -0.25) is 4.90 Å². The molecule has 4 rings (SSSR count). The van der Waals surface area contributed by atoms with Crippen molar-refractivity contribution in [3.63, 3.8) is 0 Å². The van der Waals surface area contributed by atoms with Crippen LogP contribution in [0.15, 0.2) is 42.5 Å². The molecule has 2 aromatic carbocycles. The molecule has 1 N–H and O–H groups in total. The van der Waals surface area contributed by atoms with Crippen molar-refractivity contribution in [3.8, 4) is 17.2 Å². The van der Waals surface area contributed by atoms with E-state index in [0.29, 0.717) is 0 Å². The molecule has 2 atom stereocenters. The van der Waals surface area contributed by atoms with Crippen LogP contribution in [0.2, 0.25) is 0 Å². The molecule has 5 heteroatoms. The van der Waals surface area contributed by atoms with Gasteiger partial charge in [-0.15, -0.1) is 0 Å². The summed E-state index contributed by atoms with van der Waals surface area (Å²) in [5.74, 6) is 2.82. The van der Waals surface area contributed by atoms with Gasteiger partial charge in [0.2, 0.25) is 0 Å².